The zero-order valence-electron chi connectivity index (χ0n) is 15.1. The molecule has 0 spiro atoms. The Hall–Kier alpha value is -0.910. The van der Waals surface area contributed by atoms with E-state index in [9.17, 15) is 13.2 Å². The Morgan fingerprint density at radius 1 is 1.25 bits per heavy atom. The molecule has 1 N–H and O–H groups in total. The summed E-state index contributed by atoms with van der Waals surface area (Å²) in [5.74, 6) is 0.327. The number of ketones is 1. The molecule has 4 rings (SSSR count). The Balaban J connectivity index is 1.37. The first-order chi connectivity index (χ1) is 13.4. The van der Waals surface area contributed by atoms with E-state index in [4.69, 9.17) is 11.6 Å². The molecule has 2 fully saturated rings. The maximum atomic E-state index is 12.7. The molecule has 2 aliphatic rings. The first-order valence-electron chi connectivity index (χ1n) is 9.14. The first-order valence-corrected chi connectivity index (χ1v) is 12.7. The summed E-state index contributed by atoms with van der Waals surface area (Å²) in [6.45, 7) is 1.36. The molecule has 11 heteroatoms. The van der Waals surface area contributed by atoms with Gasteiger partial charge in [0.05, 0.1) is 27.5 Å². The molecular weight excluding hydrogens is 440 g/mol. The van der Waals surface area contributed by atoms with Gasteiger partial charge in [-0.2, -0.15) is 22.1 Å². The van der Waals surface area contributed by atoms with Gasteiger partial charge in [-0.15, -0.1) is 23.1 Å². The van der Waals surface area contributed by atoms with Crippen LogP contribution in [0.2, 0.25) is 4.34 Å². The zero-order valence-corrected chi connectivity index (χ0v) is 18.3. The summed E-state index contributed by atoms with van der Waals surface area (Å²) >= 11 is 9.10. The van der Waals surface area contributed by atoms with Crippen LogP contribution in [0.15, 0.2) is 23.2 Å². The highest BCUT2D eigenvalue weighted by molar-refractivity contribution is 7.98. The van der Waals surface area contributed by atoms with Crippen molar-refractivity contribution in [1.82, 2.24) is 18.8 Å². The summed E-state index contributed by atoms with van der Waals surface area (Å²) < 4.78 is 28.9. The van der Waals surface area contributed by atoms with Crippen LogP contribution in [0.4, 0.5) is 0 Å². The van der Waals surface area contributed by atoms with Crippen LogP contribution in [0.1, 0.15) is 35.8 Å². The molecule has 2 aromatic rings. The second-order valence-electron chi connectivity index (χ2n) is 6.91. The molecule has 0 saturated carbocycles. The van der Waals surface area contributed by atoms with Crippen molar-refractivity contribution in [3.63, 3.8) is 0 Å². The Morgan fingerprint density at radius 3 is 2.71 bits per heavy atom. The number of aromatic nitrogens is 2. The third kappa shape index (κ3) is 4.31. The molecule has 0 radical (unpaired) electrons. The normalized spacial score (nSPS) is 22.2. The van der Waals surface area contributed by atoms with Crippen molar-refractivity contribution in [2.45, 2.75) is 36.0 Å². The van der Waals surface area contributed by atoms with E-state index in [1.54, 1.807) is 23.1 Å². The maximum Gasteiger partial charge on any atom is 0.282 e. The van der Waals surface area contributed by atoms with Crippen LogP contribution in [0.3, 0.4) is 0 Å². The number of nitrogens with one attached hydrogen (secondary N) is 1. The molecule has 0 bridgehead atoms. The highest BCUT2D eigenvalue weighted by atomic mass is 35.5. The minimum atomic E-state index is -3.53. The predicted octanol–water partition coefficient (Wildman–Crippen LogP) is 3.12. The molecule has 1 unspecified atom stereocenters. The van der Waals surface area contributed by atoms with E-state index in [1.807, 2.05) is 18.2 Å². The minimum absolute atomic E-state index is 0.0769. The fraction of sp³-hybridized carbons (Fsp3) is 0.529. The lowest BCUT2D eigenvalue weighted by Crippen LogP contribution is -2.49. The number of carbonyl (C=O) groups is 1. The van der Waals surface area contributed by atoms with Gasteiger partial charge in [0.15, 0.2) is 5.78 Å². The molecule has 2 saturated heterocycles. The number of piperidine rings is 1. The van der Waals surface area contributed by atoms with E-state index < -0.39 is 10.2 Å². The van der Waals surface area contributed by atoms with Crippen LogP contribution in [0.5, 0.6) is 0 Å². The lowest BCUT2D eigenvalue weighted by atomic mass is 9.93. The van der Waals surface area contributed by atoms with E-state index in [-0.39, 0.29) is 18.2 Å². The molecule has 152 valence electrons. The molecule has 7 nitrogen and oxygen atoms in total. The fourth-order valence-corrected chi connectivity index (χ4v) is 7.21. The topological polar surface area (TPSA) is 86.4 Å². The number of hydrogen-bond acceptors (Lipinski definition) is 6. The predicted molar refractivity (Wildman–Crippen MR) is 111 cm³/mol. The molecule has 0 aromatic carbocycles. The van der Waals surface area contributed by atoms with Crippen molar-refractivity contribution in [3.8, 4) is 0 Å². The molecule has 0 aliphatic carbocycles. The maximum absolute atomic E-state index is 12.7. The molecule has 2 aliphatic heterocycles. The zero-order chi connectivity index (χ0) is 19.7. The Morgan fingerprint density at radius 2 is 2.04 bits per heavy atom. The standard InChI is InChI=1S/C17H21ClN4O3S3/c18-16-4-3-12(27-16)11-26-17-9-14(19-20-17)13-5-8-22(10-15(13)23)28(24,25)21-6-1-2-7-21/h3-4,9,13H,1-2,5-8,10-11H2,(H,19,20). The van der Waals surface area contributed by atoms with Gasteiger partial charge in [-0.3, -0.25) is 9.89 Å². The van der Waals surface area contributed by atoms with Crippen molar-refractivity contribution in [3.05, 3.63) is 33.1 Å². The number of Topliss-reactive ketones (excluding diaryl/α,β-unsaturated/α-hetero) is 1. The Bertz CT molecular complexity index is 953. The highest BCUT2D eigenvalue weighted by Gasteiger charge is 2.38. The molecule has 2 aromatic heterocycles. The third-order valence-corrected chi connectivity index (χ3v) is 9.41. The van der Waals surface area contributed by atoms with Crippen molar-refractivity contribution in [2.24, 2.45) is 0 Å². The monoisotopic (exact) mass is 460 g/mol. The summed E-state index contributed by atoms with van der Waals surface area (Å²) in [5.41, 5.74) is 0.690. The van der Waals surface area contributed by atoms with Crippen LogP contribution in [-0.4, -0.2) is 59.2 Å². The fourth-order valence-electron chi connectivity index (χ4n) is 3.54. The van der Waals surface area contributed by atoms with E-state index in [0.29, 0.717) is 31.7 Å². The number of rotatable bonds is 6. The highest BCUT2D eigenvalue weighted by Crippen LogP contribution is 2.32. The second-order valence-corrected chi connectivity index (χ2v) is 11.7. The number of H-pyrrole nitrogens is 1. The van der Waals surface area contributed by atoms with Gasteiger partial charge in [0.2, 0.25) is 0 Å². The largest absolute Gasteiger partial charge is 0.297 e. The average Bonchev–Trinajstić information content (AvgIpc) is 3.42. The van der Waals surface area contributed by atoms with Gasteiger partial charge in [0, 0.05) is 30.3 Å². The SMILES string of the molecule is O=C1CN(S(=O)(=O)N2CCCC2)CCC1c1cc(SCc2ccc(Cl)s2)[nH]n1. The smallest absolute Gasteiger partial charge is 0.282 e. The van der Waals surface area contributed by atoms with Crippen LogP contribution >= 0.6 is 34.7 Å². The number of aromatic amines is 1. The summed E-state index contributed by atoms with van der Waals surface area (Å²) in [7, 11) is -3.53. The summed E-state index contributed by atoms with van der Waals surface area (Å²) in [4.78, 5) is 13.8. The lowest BCUT2D eigenvalue weighted by Gasteiger charge is -2.32. The molecule has 0 amide bonds. The van der Waals surface area contributed by atoms with Crippen molar-refractivity contribution in [2.75, 3.05) is 26.2 Å². The van der Waals surface area contributed by atoms with Crippen LogP contribution in [0.25, 0.3) is 0 Å². The summed E-state index contributed by atoms with van der Waals surface area (Å²) in [6, 6.07) is 5.77. The molecular formula is C17H21ClN4O3S3. The van der Waals surface area contributed by atoms with E-state index in [1.165, 1.54) is 13.5 Å². The van der Waals surface area contributed by atoms with Crippen LogP contribution in [0, 0.1) is 0 Å². The first kappa shape index (κ1) is 20.4. The Labute approximate surface area is 177 Å². The van der Waals surface area contributed by atoms with Gasteiger partial charge >= 0.3 is 0 Å². The van der Waals surface area contributed by atoms with E-state index >= 15 is 0 Å². The summed E-state index contributed by atoms with van der Waals surface area (Å²) in [6.07, 6.45) is 2.23. The van der Waals surface area contributed by atoms with E-state index in [2.05, 4.69) is 10.2 Å². The second kappa shape index (κ2) is 8.45. The number of thiophene rings is 1. The van der Waals surface area contributed by atoms with Gasteiger partial charge < -0.3 is 0 Å². The molecule has 1 atom stereocenters. The van der Waals surface area contributed by atoms with Crippen LogP contribution in [-0.2, 0) is 20.8 Å². The number of halogens is 1. The van der Waals surface area contributed by atoms with Gasteiger partial charge in [0.1, 0.15) is 0 Å². The van der Waals surface area contributed by atoms with Gasteiger partial charge in [-0.25, -0.2) is 0 Å². The quantitative estimate of drug-likeness (QED) is 0.669. The van der Waals surface area contributed by atoms with Crippen molar-refractivity contribution in [1.29, 1.82) is 0 Å². The van der Waals surface area contributed by atoms with Gasteiger partial charge in [0.25, 0.3) is 10.2 Å². The number of carbonyl (C=O) groups excluding carboxylic acids is 1. The van der Waals surface area contributed by atoms with Crippen molar-refractivity contribution >= 4 is 50.7 Å². The van der Waals surface area contributed by atoms with Crippen molar-refractivity contribution < 1.29 is 13.2 Å². The number of nitrogens with zero attached hydrogens (tertiary/aromatic N) is 3. The molecule has 4 heterocycles. The van der Waals surface area contributed by atoms with Crippen LogP contribution < -0.4 is 0 Å². The van der Waals surface area contributed by atoms with E-state index in [0.717, 1.165) is 28.0 Å². The molecule has 28 heavy (non-hydrogen) atoms. The average molecular weight is 461 g/mol. The summed E-state index contributed by atoms with van der Waals surface area (Å²) in [5, 5.41) is 8.17. The van der Waals surface area contributed by atoms with Gasteiger partial charge in [-0.05, 0) is 37.5 Å². The number of thioether (sulfide) groups is 1. The van der Waals surface area contributed by atoms with Gasteiger partial charge in [-0.1, -0.05) is 11.6 Å². The lowest BCUT2D eigenvalue weighted by molar-refractivity contribution is -0.122. The Kier molecular flexibility index (Phi) is 6.15. The third-order valence-electron chi connectivity index (χ3n) is 5.04. The number of hydrogen-bond donors (Lipinski definition) is 1. The minimum Gasteiger partial charge on any atom is -0.297 e.